The van der Waals surface area contributed by atoms with Gasteiger partial charge >= 0.3 is 0 Å². The number of aryl methyl sites for hydroxylation is 1. The van der Waals surface area contributed by atoms with Crippen LogP contribution in [0.15, 0.2) is 65.9 Å². The summed E-state index contributed by atoms with van der Waals surface area (Å²) >= 11 is 0. The standard InChI is InChI=1S/C23H30N6O.HI/c1-3-22-28-27-18-29(22)13-12-25-23(24-2)26-15-20-10-7-11-21(14-20)17-30-16-19-8-5-4-6-9-19;/h4-11,14,18H,3,12-13,15-17H2,1-2H3,(H2,24,25,26);1H. The topological polar surface area (TPSA) is 76.4 Å². The quantitative estimate of drug-likeness (QED) is 0.237. The van der Waals surface area contributed by atoms with Crippen LogP contribution >= 0.6 is 24.0 Å². The zero-order valence-electron chi connectivity index (χ0n) is 18.1. The Morgan fingerprint density at radius 3 is 2.52 bits per heavy atom. The molecular weight excluding hydrogens is 503 g/mol. The summed E-state index contributed by atoms with van der Waals surface area (Å²) in [5, 5.41) is 14.8. The summed E-state index contributed by atoms with van der Waals surface area (Å²) in [5.74, 6) is 1.76. The molecule has 31 heavy (non-hydrogen) atoms. The SMILES string of the molecule is CCc1nncn1CCNC(=NC)NCc1cccc(COCc2ccccc2)c1.I. The Hall–Kier alpha value is -2.46. The van der Waals surface area contributed by atoms with E-state index in [1.807, 2.05) is 18.2 Å². The van der Waals surface area contributed by atoms with Crippen molar-refractivity contribution in [2.24, 2.45) is 4.99 Å². The maximum Gasteiger partial charge on any atom is 0.191 e. The first-order valence-corrected chi connectivity index (χ1v) is 10.3. The lowest BCUT2D eigenvalue weighted by molar-refractivity contribution is 0.107. The number of rotatable bonds is 10. The minimum Gasteiger partial charge on any atom is -0.372 e. The Morgan fingerprint density at radius 1 is 1.00 bits per heavy atom. The van der Waals surface area contributed by atoms with E-state index in [0.29, 0.717) is 19.8 Å². The third-order valence-corrected chi connectivity index (χ3v) is 4.71. The molecule has 0 radical (unpaired) electrons. The van der Waals surface area contributed by atoms with E-state index in [4.69, 9.17) is 4.74 Å². The number of guanidine groups is 1. The van der Waals surface area contributed by atoms with Crippen LogP contribution in [0.3, 0.4) is 0 Å². The van der Waals surface area contributed by atoms with Gasteiger partial charge in [0, 0.05) is 33.1 Å². The van der Waals surface area contributed by atoms with Crippen LogP contribution in [0.4, 0.5) is 0 Å². The molecule has 2 aromatic carbocycles. The van der Waals surface area contributed by atoms with E-state index in [1.165, 1.54) is 11.1 Å². The summed E-state index contributed by atoms with van der Waals surface area (Å²) in [7, 11) is 1.78. The maximum atomic E-state index is 5.85. The first kappa shape index (κ1) is 24.8. The Balaban J connectivity index is 0.00000341. The molecule has 0 atom stereocenters. The molecule has 0 unspecified atom stereocenters. The molecule has 8 heteroatoms. The molecule has 7 nitrogen and oxygen atoms in total. The summed E-state index contributed by atoms with van der Waals surface area (Å²) in [5.41, 5.74) is 3.53. The zero-order valence-corrected chi connectivity index (χ0v) is 20.5. The van der Waals surface area contributed by atoms with Crippen LogP contribution in [-0.2, 0) is 37.5 Å². The second-order valence-corrected chi connectivity index (χ2v) is 6.95. The van der Waals surface area contributed by atoms with Gasteiger partial charge in [0.15, 0.2) is 5.96 Å². The van der Waals surface area contributed by atoms with Crippen molar-refractivity contribution in [1.29, 1.82) is 0 Å². The van der Waals surface area contributed by atoms with E-state index in [2.05, 4.69) is 73.7 Å². The Kier molecular flexibility index (Phi) is 11.0. The average molecular weight is 534 g/mol. The predicted molar refractivity (Wildman–Crippen MR) is 134 cm³/mol. The molecule has 0 bridgehead atoms. The highest BCUT2D eigenvalue weighted by molar-refractivity contribution is 14.0. The largest absolute Gasteiger partial charge is 0.372 e. The normalized spacial score (nSPS) is 11.1. The van der Waals surface area contributed by atoms with Crippen molar-refractivity contribution < 1.29 is 4.74 Å². The van der Waals surface area contributed by atoms with Gasteiger partial charge in [-0.2, -0.15) is 0 Å². The summed E-state index contributed by atoms with van der Waals surface area (Å²) < 4.78 is 7.90. The van der Waals surface area contributed by atoms with Crippen LogP contribution in [0.25, 0.3) is 0 Å². The molecule has 0 saturated heterocycles. The fraction of sp³-hybridized carbons (Fsp3) is 0.348. The van der Waals surface area contributed by atoms with Gasteiger partial charge in [-0.3, -0.25) is 4.99 Å². The number of aliphatic imine (C=N–C) groups is 1. The second-order valence-electron chi connectivity index (χ2n) is 6.95. The summed E-state index contributed by atoms with van der Waals surface area (Å²) in [6, 6.07) is 18.6. The number of ether oxygens (including phenoxy) is 1. The third-order valence-electron chi connectivity index (χ3n) is 4.71. The summed E-state index contributed by atoms with van der Waals surface area (Å²) in [6.07, 6.45) is 2.64. The van der Waals surface area contributed by atoms with Gasteiger partial charge in [0.2, 0.25) is 0 Å². The maximum absolute atomic E-state index is 5.85. The molecule has 0 aliphatic carbocycles. The summed E-state index contributed by atoms with van der Waals surface area (Å²) in [6.45, 7) is 5.53. The van der Waals surface area contributed by atoms with Gasteiger partial charge in [0.1, 0.15) is 12.2 Å². The number of aromatic nitrogens is 3. The molecule has 0 aliphatic heterocycles. The minimum atomic E-state index is 0. The number of nitrogens with zero attached hydrogens (tertiary/aromatic N) is 4. The highest BCUT2D eigenvalue weighted by atomic mass is 127. The fourth-order valence-corrected chi connectivity index (χ4v) is 3.13. The molecule has 0 saturated carbocycles. The van der Waals surface area contributed by atoms with E-state index < -0.39 is 0 Å². The van der Waals surface area contributed by atoms with E-state index in [9.17, 15) is 0 Å². The lowest BCUT2D eigenvalue weighted by atomic mass is 10.1. The van der Waals surface area contributed by atoms with Crippen LogP contribution in [0.5, 0.6) is 0 Å². The van der Waals surface area contributed by atoms with Gasteiger partial charge in [0.05, 0.1) is 13.2 Å². The molecule has 3 rings (SSSR count). The van der Waals surface area contributed by atoms with Crippen molar-refractivity contribution in [1.82, 2.24) is 25.4 Å². The molecule has 1 heterocycles. The number of nitrogens with one attached hydrogen (secondary N) is 2. The lowest BCUT2D eigenvalue weighted by Gasteiger charge is -2.13. The van der Waals surface area contributed by atoms with Gasteiger partial charge in [-0.05, 0) is 16.7 Å². The Labute approximate surface area is 201 Å². The van der Waals surface area contributed by atoms with Crippen LogP contribution < -0.4 is 10.6 Å². The van der Waals surface area contributed by atoms with Crippen molar-refractivity contribution >= 4 is 29.9 Å². The van der Waals surface area contributed by atoms with Crippen molar-refractivity contribution in [2.45, 2.75) is 39.6 Å². The molecular formula is C23H31IN6O. The molecule has 0 fully saturated rings. The van der Waals surface area contributed by atoms with Crippen LogP contribution in [-0.4, -0.2) is 34.3 Å². The first-order chi connectivity index (χ1) is 14.8. The van der Waals surface area contributed by atoms with Gasteiger partial charge in [0.25, 0.3) is 0 Å². The Bertz CT molecular complexity index is 929. The highest BCUT2D eigenvalue weighted by Crippen LogP contribution is 2.09. The molecule has 166 valence electrons. The monoisotopic (exact) mass is 534 g/mol. The molecule has 2 N–H and O–H groups in total. The first-order valence-electron chi connectivity index (χ1n) is 10.3. The zero-order chi connectivity index (χ0) is 21.0. The number of hydrogen-bond donors (Lipinski definition) is 2. The van der Waals surface area contributed by atoms with E-state index in [-0.39, 0.29) is 24.0 Å². The van der Waals surface area contributed by atoms with E-state index in [1.54, 1.807) is 13.4 Å². The van der Waals surface area contributed by atoms with Gasteiger partial charge in [-0.1, -0.05) is 61.5 Å². The van der Waals surface area contributed by atoms with Crippen molar-refractivity contribution in [3.8, 4) is 0 Å². The smallest absolute Gasteiger partial charge is 0.191 e. The van der Waals surface area contributed by atoms with Gasteiger partial charge in [-0.25, -0.2) is 0 Å². The van der Waals surface area contributed by atoms with E-state index in [0.717, 1.165) is 36.9 Å². The fourth-order valence-electron chi connectivity index (χ4n) is 3.13. The van der Waals surface area contributed by atoms with Gasteiger partial charge in [-0.15, -0.1) is 34.2 Å². The van der Waals surface area contributed by atoms with Crippen LogP contribution in [0, 0.1) is 0 Å². The molecule has 0 aliphatic rings. The van der Waals surface area contributed by atoms with Crippen LogP contribution in [0.1, 0.15) is 29.4 Å². The third kappa shape index (κ3) is 8.29. The predicted octanol–water partition coefficient (Wildman–Crippen LogP) is 3.54. The second kappa shape index (κ2) is 13.8. The molecule has 1 aromatic heterocycles. The Morgan fingerprint density at radius 2 is 1.74 bits per heavy atom. The molecule has 0 amide bonds. The minimum absolute atomic E-state index is 0. The van der Waals surface area contributed by atoms with Crippen molar-refractivity contribution in [3.05, 3.63) is 83.4 Å². The average Bonchev–Trinajstić information content (AvgIpc) is 3.24. The number of benzene rings is 2. The lowest BCUT2D eigenvalue weighted by Crippen LogP contribution is -2.38. The van der Waals surface area contributed by atoms with Gasteiger partial charge < -0.3 is 19.9 Å². The van der Waals surface area contributed by atoms with Crippen molar-refractivity contribution in [2.75, 3.05) is 13.6 Å². The highest BCUT2D eigenvalue weighted by Gasteiger charge is 2.03. The van der Waals surface area contributed by atoms with E-state index >= 15 is 0 Å². The van der Waals surface area contributed by atoms with Crippen molar-refractivity contribution in [3.63, 3.8) is 0 Å². The van der Waals surface area contributed by atoms with Crippen LogP contribution in [0.2, 0.25) is 0 Å². The number of halogens is 1. The molecule has 3 aromatic rings. The summed E-state index contributed by atoms with van der Waals surface area (Å²) in [4.78, 5) is 4.30. The molecule has 0 spiro atoms. The number of hydrogen-bond acceptors (Lipinski definition) is 4.